The average molecular weight is 334 g/mol. The van der Waals surface area contributed by atoms with Gasteiger partial charge in [0.1, 0.15) is 0 Å². The molecule has 106 valence electrons. The summed E-state index contributed by atoms with van der Waals surface area (Å²) in [5.74, 6) is 0.554. The van der Waals surface area contributed by atoms with Gasteiger partial charge in [0.15, 0.2) is 0 Å². The molecule has 1 N–H and O–H groups in total. The lowest BCUT2D eigenvalue weighted by Crippen LogP contribution is -2.31. The first kappa shape index (κ1) is 14.1. The molecule has 2 nitrogen and oxygen atoms in total. The Bertz CT molecular complexity index is 593. The third-order valence-corrected chi connectivity index (χ3v) is 4.91. The minimum Gasteiger partial charge on any atom is -0.381 e. The third kappa shape index (κ3) is 2.62. The summed E-state index contributed by atoms with van der Waals surface area (Å²) in [6.07, 6.45) is 2.40. The van der Waals surface area contributed by atoms with Gasteiger partial charge in [0, 0.05) is 23.0 Å². The second-order valence-electron chi connectivity index (χ2n) is 5.43. The number of rotatable bonds is 3. The van der Waals surface area contributed by atoms with Gasteiger partial charge in [-0.2, -0.15) is 0 Å². The summed E-state index contributed by atoms with van der Waals surface area (Å²) in [5, 5.41) is 6.11. The van der Waals surface area contributed by atoms with E-state index in [0.717, 1.165) is 24.1 Å². The van der Waals surface area contributed by atoms with Crippen LogP contribution in [0, 0.1) is 5.92 Å². The summed E-state index contributed by atoms with van der Waals surface area (Å²) >= 11 is 3.65. The van der Waals surface area contributed by atoms with Crippen LogP contribution in [-0.2, 0) is 4.74 Å². The molecule has 0 aliphatic carbocycles. The molecule has 0 amide bonds. The number of fused-ring (bicyclic) bond motifs is 1. The lowest BCUT2D eigenvalue weighted by Gasteiger charge is -2.31. The van der Waals surface area contributed by atoms with E-state index < -0.39 is 0 Å². The van der Waals surface area contributed by atoms with Gasteiger partial charge in [0.2, 0.25) is 0 Å². The molecule has 1 aliphatic heterocycles. The zero-order valence-corrected chi connectivity index (χ0v) is 13.3. The minimum atomic E-state index is 0.355. The predicted octanol–water partition coefficient (Wildman–Crippen LogP) is 4.29. The Hall–Kier alpha value is -0.900. The van der Waals surface area contributed by atoms with E-state index in [2.05, 4.69) is 64.7 Å². The van der Waals surface area contributed by atoms with E-state index in [9.17, 15) is 0 Å². The van der Waals surface area contributed by atoms with Crippen molar-refractivity contribution >= 4 is 26.7 Å². The van der Waals surface area contributed by atoms with Gasteiger partial charge < -0.3 is 10.1 Å². The molecule has 3 heteroatoms. The van der Waals surface area contributed by atoms with Crippen LogP contribution in [0.3, 0.4) is 0 Å². The molecule has 1 saturated heterocycles. The van der Waals surface area contributed by atoms with Gasteiger partial charge >= 0.3 is 0 Å². The van der Waals surface area contributed by atoms with Gasteiger partial charge in [-0.05, 0) is 42.3 Å². The molecular formula is C17H20BrNO. The molecule has 1 heterocycles. The van der Waals surface area contributed by atoms with Gasteiger partial charge in [-0.1, -0.05) is 46.3 Å². The molecule has 0 saturated carbocycles. The predicted molar refractivity (Wildman–Crippen MR) is 87.0 cm³/mol. The van der Waals surface area contributed by atoms with E-state index in [4.69, 9.17) is 4.74 Å². The Balaban J connectivity index is 2.05. The molecule has 0 spiro atoms. The van der Waals surface area contributed by atoms with Gasteiger partial charge in [0.25, 0.3) is 0 Å². The summed E-state index contributed by atoms with van der Waals surface area (Å²) in [6, 6.07) is 13.3. The van der Waals surface area contributed by atoms with Crippen LogP contribution < -0.4 is 5.32 Å². The topological polar surface area (TPSA) is 21.3 Å². The molecule has 20 heavy (non-hydrogen) atoms. The second kappa shape index (κ2) is 6.25. The summed E-state index contributed by atoms with van der Waals surface area (Å²) < 4.78 is 6.83. The molecule has 0 bridgehead atoms. The van der Waals surface area contributed by atoms with Crippen molar-refractivity contribution in [2.45, 2.75) is 18.9 Å². The molecule has 3 rings (SSSR count). The number of hydrogen-bond donors (Lipinski definition) is 1. The molecular weight excluding hydrogens is 314 g/mol. The van der Waals surface area contributed by atoms with Crippen LogP contribution in [0.15, 0.2) is 40.9 Å². The molecule has 0 radical (unpaired) electrons. The number of nitrogens with one attached hydrogen (secondary N) is 1. The summed E-state index contributed by atoms with van der Waals surface area (Å²) in [6.45, 7) is 1.77. The van der Waals surface area contributed by atoms with Crippen LogP contribution in [0.2, 0.25) is 0 Å². The monoisotopic (exact) mass is 333 g/mol. The van der Waals surface area contributed by atoms with Crippen molar-refractivity contribution in [2.75, 3.05) is 20.3 Å². The van der Waals surface area contributed by atoms with Gasteiger partial charge in [-0.15, -0.1) is 0 Å². The Morgan fingerprint density at radius 3 is 2.70 bits per heavy atom. The maximum Gasteiger partial charge on any atom is 0.0512 e. The van der Waals surface area contributed by atoms with Crippen LogP contribution in [0.1, 0.15) is 24.4 Å². The van der Waals surface area contributed by atoms with Gasteiger partial charge in [0.05, 0.1) is 6.61 Å². The van der Waals surface area contributed by atoms with Crippen LogP contribution in [0.4, 0.5) is 0 Å². The van der Waals surface area contributed by atoms with E-state index in [0.29, 0.717) is 12.0 Å². The van der Waals surface area contributed by atoms with E-state index >= 15 is 0 Å². The van der Waals surface area contributed by atoms with E-state index in [1.54, 1.807) is 0 Å². The van der Waals surface area contributed by atoms with Gasteiger partial charge in [-0.25, -0.2) is 0 Å². The summed E-state index contributed by atoms with van der Waals surface area (Å²) in [5.41, 5.74) is 1.38. The van der Waals surface area contributed by atoms with Crippen molar-refractivity contribution in [3.63, 3.8) is 0 Å². The third-order valence-electron chi connectivity index (χ3n) is 4.22. The highest BCUT2D eigenvalue weighted by Gasteiger charge is 2.25. The van der Waals surface area contributed by atoms with Gasteiger partial charge in [-0.3, -0.25) is 0 Å². The van der Waals surface area contributed by atoms with E-state index in [1.807, 2.05) is 0 Å². The first-order valence-electron chi connectivity index (χ1n) is 7.23. The molecule has 0 aromatic heterocycles. The highest BCUT2D eigenvalue weighted by molar-refractivity contribution is 9.10. The minimum absolute atomic E-state index is 0.355. The zero-order valence-electron chi connectivity index (χ0n) is 11.7. The number of halogens is 1. The van der Waals surface area contributed by atoms with Crippen molar-refractivity contribution < 1.29 is 4.74 Å². The number of benzene rings is 2. The summed E-state index contributed by atoms with van der Waals surface area (Å²) in [4.78, 5) is 0. The molecule has 2 aromatic carbocycles. The van der Waals surface area contributed by atoms with Crippen molar-refractivity contribution in [3.05, 3.63) is 46.4 Å². The SMILES string of the molecule is CNC(c1ccc(Br)c2ccccc12)C1CCCOC1. The molecule has 1 aliphatic rings. The Morgan fingerprint density at radius 2 is 2.00 bits per heavy atom. The normalized spacial score (nSPS) is 21.0. The van der Waals surface area contributed by atoms with Crippen molar-refractivity contribution in [3.8, 4) is 0 Å². The highest BCUT2D eigenvalue weighted by atomic mass is 79.9. The Labute approximate surface area is 128 Å². The van der Waals surface area contributed by atoms with Crippen LogP contribution in [0.25, 0.3) is 10.8 Å². The molecule has 2 unspecified atom stereocenters. The van der Waals surface area contributed by atoms with Crippen LogP contribution >= 0.6 is 15.9 Å². The van der Waals surface area contributed by atoms with Crippen LogP contribution in [0.5, 0.6) is 0 Å². The number of hydrogen-bond acceptors (Lipinski definition) is 2. The molecule has 2 atom stereocenters. The fraction of sp³-hybridized carbons (Fsp3) is 0.412. The first-order valence-corrected chi connectivity index (χ1v) is 8.02. The number of ether oxygens (including phenoxy) is 1. The largest absolute Gasteiger partial charge is 0.381 e. The fourth-order valence-electron chi connectivity index (χ4n) is 3.23. The lowest BCUT2D eigenvalue weighted by atomic mass is 9.86. The molecule has 1 fully saturated rings. The second-order valence-corrected chi connectivity index (χ2v) is 6.28. The van der Waals surface area contributed by atoms with E-state index in [-0.39, 0.29) is 0 Å². The Morgan fingerprint density at radius 1 is 1.20 bits per heavy atom. The lowest BCUT2D eigenvalue weighted by molar-refractivity contribution is 0.0404. The van der Waals surface area contributed by atoms with E-state index in [1.165, 1.54) is 22.8 Å². The Kier molecular flexibility index (Phi) is 4.39. The van der Waals surface area contributed by atoms with Crippen molar-refractivity contribution in [1.29, 1.82) is 0 Å². The smallest absolute Gasteiger partial charge is 0.0512 e. The first-order chi connectivity index (χ1) is 9.81. The standard InChI is InChI=1S/C17H20BrNO/c1-19-17(12-5-4-10-20-11-12)15-8-9-16(18)14-7-3-2-6-13(14)15/h2-3,6-9,12,17,19H,4-5,10-11H2,1H3. The fourth-order valence-corrected chi connectivity index (χ4v) is 3.71. The quantitative estimate of drug-likeness (QED) is 0.904. The van der Waals surface area contributed by atoms with Crippen LogP contribution in [-0.4, -0.2) is 20.3 Å². The summed E-state index contributed by atoms with van der Waals surface area (Å²) in [7, 11) is 2.05. The molecule has 2 aromatic rings. The van der Waals surface area contributed by atoms with Crippen molar-refractivity contribution in [1.82, 2.24) is 5.32 Å². The average Bonchev–Trinajstić information content (AvgIpc) is 2.52. The zero-order chi connectivity index (χ0) is 13.9. The highest BCUT2D eigenvalue weighted by Crippen LogP contribution is 2.35. The van der Waals surface area contributed by atoms with Crippen molar-refractivity contribution in [2.24, 2.45) is 5.92 Å². The maximum absolute atomic E-state index is 5.67. The maximum atomic E-state index is 5.67.